The molecule has 2 atom stereocenters. The molecule has 1 aromatic carbocycles. The summed E-state index contributed by atoms with van der Waals surface area (Å²) in [6.07, 6.45) is 1.04. The standard InChI is InChI=1S/C19H28N2O4/c1-15-4-2-5-17(12-15)25-14-16(22)13-20-7-9-21(10-8-20)19(23)18-6-3-11-24-18/h2,4-5,12,16,18,22H,3,6-11,13-14H2,1H3/t16-,18+/m1/s1. The highest BCUT2D eigenvalue weighted by Gasteiger charge is 2.30. The van der Waals surface area contributed by atoms with Gasteiger partial charge in [0.2, 0.25) is 0 Å². The van der Waals surface area contributed by atoms with Crippen LogP contribution >= 0.6 is 0 Å². The van der Waals surface area contributed by atoms with Crippen LogP contribution in [0.3, 0.4) is 0 Å². The number of amides is 1. The zero-order valence-electron chi connectivity index (χ0n) is 14.9. The van der Waals surface area contributed by atoms with Gasteiger partial charge < -0.3 is 19.5 Å². The van der Waals surface area contributed by atoms with Gasteiger partial charge in [0.25, 0.3) is 5.91 Å². The molecular formula is C19H28N2O4. The number of aliphatic hydroxyl groups excluding tert-OH is 1. The van der Waals surface area contributed by atoms with Crippen molar-refractivity contribution in [2.24, 2.45) is 0 Å². The Labute approximate surface area is 149 Å². The molecule has 1 amide bonds. The van der Waals surface area contributed by atoms with Gasteiger partial charge in [0.15, 0.2) is 0 Å². The third kappa shape index (κ3) is 5.17. The van der Waals surface area contributed by atoms with Gasteiger partial charge >= 0.3 is 0 Å². The number of aryl methyl sites for hydroxylation is 1. The highest BCUT2D eigenvalue weighted by molar-refractivity contribution is 5.81. The summed E-state index contributed by atoms with van der Waals surface area (Å²) in [6, 6.07) is 7.82. The summed E-state index contributed by atoms with van der Waals surface area (Å²) in [5, 5.41) is 10.2. The molecule has 6 nitrogen and oxygen atoms in total. The Morgan fingerprint density at radius 2 is 2.16 bits per heavy atom. The maximum atomic E-state index is 12.3. The van der Waals surface area contributed by atoms with Crippen LogP contribution < -0.4 is 4.74 Å². The van der Waals surface area contributed by atoms with Crippen molar-refractivity contribution < 1.29 is 19.4 Å². The fraction of sp³-hybridized carbons (Fsp3) is 0.632. The van der Waals surface area contributed by atoms with Gasteiger partial charge in [0, 0.05) is 39.3 Å². The number of aliphatic hydroxyl groups is 1. The molecule has 2 heterocycles. The van der Waals surface area contributed by atoms with Crippen molar-refractivity contribution in [3.05, 3.63) is 29.8 Å². The van der Waals surface area contributed by atoms with Crippen LogP contribution in [-0.2, 0) is 9.53 Å². The van der Waals surface area contributed by atoms with Crippen LogP contribution in [-0.4, -0.2) is 79.0 Å². The Balaban J connectivity index is 1.37. The van der Waals surface area contributed by atoms with Crippen molar-refractivity contribution in [2.75, 3.05) is 45.9 Å². The predicted molar refractivity (Wildman–Crippen MR) is 94.7 cm³/mol. The summed E-state index contributed by atoms with van der Waals surface area (Å²) in [7, 11) is 0. The van der Waals surface area contributed by atoms with Crippen LogP contribution in [0.2, 0.25) is 0 Å². The van der Waals surface area contributed by atoms with Crippen molar-refractivity contribution in [1.82, 2.24) is 9.80 Å². The quantitative estimate of drug-likeness (QED) is 0.833. The first-order valence-corrected chi connectivity index (χ1v) is 9.12. The van der Waals surface area contributed by atoms with E-state index in [1.807, 2.05) is 36.1 Å². The minimum absolute atomic E-state index is 0.125. The van der Waals surface area contributed by atoms with E-state index in [9.17, 15) is 9.90 Å². The third-order valence-corrected chi connectivity index (χ3v) is 4.79. The molecule has 0 radical (unpaired) electrons. The molecule has 1 N–H and O–H groups in total. The number of carbonyl (C=O) groups is 1. The molecule has 138 valence electrons. The molecule has 2 aliphatic rings. The first kappa shape index (κ1) is 18.2. The number of carbonyl (C=O) groups excluding carboxylic acids is 1. The summed E-state index contributed by atoms with van der Waals surface area (Å²) in [6.45, 7) is 6.50. The minimum atomic E-state index is -0.541. The number of β-amino-alcohol motifs (C(OH)–C–C–N with tert-alkyl or cyclic N) is 1. The van der Waals surface area contributed by atoms with Crippen molar-refractivity contribution in [3.8, 4) is 5.75 Å². The second-order valence-corrected chi connectivity index (χ2v) is 6.91. The maximum Gasteiger partial charge on any atom is 0.251 e. The van der Waals surface area contributed by atoms with E-state index in [0.29, 0.717) is 26.2 Å². The van der Waals surface area contributed by atoms with E-state index in [2.05, 4.69) is 4.90 Å². The molecular weight excluding hydrogens is 320 g/mol. The molecule has 0 unspecified atom stereocenters. The molecule has 2 aliphatic heterocycles. The Morgan fingerprint density at radius 1 is 1.36 bits per heavy atom. The van der Waals surface area contributed by atoms with Crippen LogP contribution in [0.4, 0.5) is 0 Å². The average Bonchev–Trinajstić information content (AvgIpc) is 3.15. The SMILES string of the molecule is Cc1cccc(OC[C@H](O)CN2CCN(C(=O)[C@@H]3CCCO3)CC2)c1. The number of nitrogens with zero attached hydrogens (tertiary/aromatic N) is 2. The number of hydrogen-bond donors (Lipinski definition) is 1. The van der Waals surface area contributed by atoms with Crippen molar-refractivity contribution in [3.63, 3.8) is 0 Å². The summed E-state index contributed by atoms with van der Waals surface area (Å²) in [4.78, 5) is 16.4. The largest absolute Gasteiger partial charge is 0.491 e. The smallest absolute Gasteiger partial charge is 0.251 e. The van der Waals surface area contributed by atoms with E-state index < -0.39 is 6.10 Å². The van der Waals surface area contributed by atoms with Gasteiger partial charge in [-0.2, -0.15) is 0 Å². The number of benzene rings is 1. The molecule has 0 saturated carbocycles. The van der Waals surface area contributed by atoms with E-state index in [-0.39, 0.29) is 18.6 Å². The molecule has 0 spiro atoms. The fourth-order valence-corrected chi connectivity index (χ4v) is 3.38. The number of piperazine rings is 1. The van der Waals surface area contributed by atoms with E-state index >= 15 is 0 Å². The maximum absolute atomic E-state index is 12.3. The molecule has 2 fully saturated rings. The molecule has 25 heavy (non-hydrogen) atoms. The van der Waals surface area contributed by atoms with E-state index in [1.54, 1.807) is 0 Å². The van der Waals surface area contributed by atoms with Gasteiger partial charge in [-0.3, -0.25) is 9.69 Å². The summed E-state index contributed by atoms with van der Waals surface area (Å²) >= 11 is 0. The summed E-state index contributed by atoms with van der Waals surface area (Å²) < 4.78 is 11.1. The molecule has 1 aromatic rings. The monoisotopic (exact) mass is 348 g/mol. The van der Waals surface area contributed by atoms with E-state index in [4.69, 9.17) is 9.47 Å². The first-order valence-electron chi connectivity index (χ1n) is 9.12. The highest BCUT2D eigenvalue weighted by Crippen LogP contribution is 2.16. The zero-order valence-corrected chi connectivity index (χ0v) is 14.9. The lowest BCUT2D eigenvalue weighted by Gasteiger charge is -2.36. The Bertz CT molecular complexity index is 566. The van der Waals surface area contributed by atoms with Gasteiger partial charge in [0.1, 0.15) is 24.6 Å². The average molecular weight is 348 g/mol. The normalized spacial score (nSPS) is 22.8. The lowest BCUT2D eigenvalue weighted by Crippen LogP contribution is -2.53. The summed E-state index contributed by atoms with van der Waals surface area (Å²) in [5.74, 6) is 0.909. The second kappa shape index (κ2) is 8.65. The van der Waals surface area contributed by atoms with Gasteiger partial charge in [-0.05, 0) is 37.5 Å². The van der Waals surface area contributed by atoms with Gasteiger partial charge in [-0.25, -0.2) is 0 Å². The number of ether oxygens (including phenoxy) is 2. The highest BCUT2D eigenvalue weighted by atomic mass is 16.5. The van der Waals surface area contributed by atoms with Crippen molar-refractivity contribution in [2.45, 2.75) is 32.0 Å². The number of hydrogen-bond acceptors (Lipinski definition) is 5. The Kier molecular flexibility index (Phi) is 6.29. The second-order valence-electron chi connectivity index (χ2n) is 6.91. The molecule has 3 rings (SSSR count). The van der Waals surface area contributed by atoms with Gasteiger partial charge in [0.05, 0.1) is 0 Å². The zero-order chi connectivity index (χ0) is 17.6. The molecule has 0 bridgehead atoms. The van der Waals surface area contributed by atoms with Crippen molar-refractivity contribution in [1.29, 1.82) is 0 Å². The molecule has 0 aromatic heterocycles. The minimum Gasteiger partial charge on any atom is -0.491 e. The first-order chi connectivity index (χ1) is 12.1. The lowest BCUT2D eigenvalue weighted by molar-refractivity contribution is -0.142. The third-order valence-electron chi connectivity index (χ3n) is 4.79. The van der Waals surface area contributed by atoms with Crippen LogP contribution in [0.1, 0.15) is 18.4 Å². The van der Waals surface area contributed by atoms with Crippen LogP contribution in [0.15, 0.2) is 24.3 Å². The van der Waals surface area contributed by atoms with Crippen molar-refractivity contribution >= 4 is 5.91 Å². The topological polar surface area (TPSA) is 62.2 Å². The van der Waals surface area contributed by atoms with E-state index in [1.165, 1.54) is 0 Å². The fourth-order valence-electron chi connectivity index (χ4n) is 3.38. The van der Waals surface area contributed by atoms with Crippen LogP contribution in [0.5, 0.6) is 5.75 Å². The Hall–Kier alpha value is -1.63. The predicted octanol–water partition coefficient (Wildman–Crippen LogP) is 1.06. The summed E-state index contributed by atoms with van der Waals surface area (Å²) in [5.41, 5.74) is 1.14. The molecule has 6 heteroatoms. The van der Waals surface area contributed by atoms with E-state index in [0.717, 1.165) is 37.2 Å². The Morgan fingerprint density at radius 3 is 2.84 bits per heavy atom. The van der Waals surface area contributed by atoms with Gasteiger partial charge in [-0.15, -0.1) is 0 Å². The molecule has 2 saturated heterocycles. The lowest BCUT2D eigenvalue weighted by atomic mass is 10.2. The van der Waals surface area contributed by atoms with Crippen LogP contribution in [0.25, 0.3) is 0 Å². The molecule has 0 aliphatic carbocycles. The number of rotatable bonds is 6. The van der Waals surface area contributed by atoms with Gasteiger partial charge in [-0.1, -0.05) is 12.1 Å². The van der Waals surface area contributed by atoms with Crippen LogP contribution in [0, 0.1) is 6.92 Å².